The van der Waals surface area contributed by atoms with Crippen molar-refractivity contribution >= 4 is 34.9 Å². The molecule has 1 saturated carbocycles. The molecule has 0 aromatic heterocycles. The topological polar surface area (TPSA) is 58.4 Å². The third kappa shape index (κ3) is 4.02. The number of anilines is 1. The molecule has 1 aliphatic rings. The Labute approximate surface area is 135 Å². The fourth-order valence-electron chi connectivity index (χ4n) is 3.05. The molecule has 0 heterocycles. The highest BCUT2D eigenvalue weighted by molar-refractivity contribution is 6.35. The largest absolute Gasteiger partial charge is 0.330 e. The van der Waals surface area contributed by atoms with Gasteiger partial charge in [-0.1, -0.05) is 29.6 Å². The van der Waals surface area contributed by atoms with E-state index in [9.17, 15) is 4.79 Å². The lowest BCUT2D eigenvalue weighted by Gasteiger charge is -2.32. The number of nitrogens with one attached hydrogen (secondary N) is 1. The summed E-state index contributed by atoms with van der Waals surface area (Å²) in [6.45, 7) is 3.26. The quantitative estimate of drug-likeness (QED) is 0.877. The Morgan fingerprint density at radius 1 is 1.33 bits per heavy atom. The minimum absolute atomic E-state index is 0.124. The Hall–Kier alpha value is -0.970. The van der Waals surface area contributed by atoms with E-state index in [4.69, 9.17) is 28.9 Å². The normalized spacial score (nSPS) is 21.3. The maximum atomic E-state index is 12.5. The number of nitrogens with two attached hydrogens (primary N) is 1. The lowest BCUT2D eigenvalue weighted by atomic mass is 10.0. The molecule has 2 rings (SSSR count). The molecule has 0 bridgehead atoms. The standard InChI is InChI=1S/C15H21Cl2N3O/c1-2-20(14-5-3-4-10(14)9-18)15(21)19-13-7-11(16)6-12(17)8-13/h6-8,10,14H,2-5,9,18H2,1H3,(H,19,21). The maximum Gasteiger partial charge on any atom is 0.322 e. The summed E-state index contributed by atoms with van der Waals surface area (Å²) in [5, 5.41) is 3.88. The zero-order valence-electron chi connectivity index (χ0n) is 12.1. The van der Waals surface area contributed by atoms with Crippen LogP contribution in [0.2, 0.25) is 10.0 Å². The molecule has 21 heavy (non-hydrogen) atoms. The van der Waals surface area contributed by atoms with E-state index in [1.807, 2.05) is 11.8 Å². The first-order valence-corrected chi connectivity index (χ1v) is 8.04. The van der Waals surface area contributed by atoms with Crippen LogP contribution in [0.5, 0.6) is 0 Å². The third-order valence-corrected chi connectivity index (χ3v) is 4.47. The van der Waals surface area contributed by atoms with Crippen LogP contribution in [0.25, 0.3) is 0 Å². The summed E-state index contributed by atoms with van der Waals surface area (Å²) in [4.78, 5) is 14.4. The number of nitrogens with zero attached hydrogens (tertiary/aromatic N) is 1. The van der Waals surface area contributed by atoms with Crippen molar-refractivity contribution in [3.05, 3.63) is 28.2 Å². The van der Waals surface area contributed by atoms with Gasteiger partial charge in [0.25, 0.3) is 0 Å². The van der Waals surface area contributed by atoms with Gasteiger partial charge < -0.3 is 16.0 Å². The molecule has 0 aliphatic heterocycles. The molecule has 0 radical (unpaired) electrons. The van der Waals surface area contributed by atoms with Crippen molar-refractivity contribution in [3.8, 4) is 0 Å². The van der Waals surface area contributed by atoms with Crippen LogP contribution < -0.4 is 11.1 Å². The van der Waals surface area contributed by atoms with Gasteiger partial charge in [-0.3, -0.25) is 0 Å². The number of urea groups is 1. The Morgan fingerprint density at radius 2 is 2.00 bits per heavy atom. The van der Waals surface area contributed by atoms with Crippen LogP contribution in [-0.4, -0.2) is 30.1 Å². The van der Waals surface area contributed by atoms with E-state index >= 15 is 0 Å². The van der Waals surface area contributed by atoms with Crippen molar-refractivity contribution in [1.82, 2.24) is 4.90 Å². The molecule has 1 aromatic carbocycles. The monoisotopic (exact) mass is 329 g/mol. The van der Waals surface area contributed by atoms with Gasteiger partial charge in [0, 0.05) is 28.3 Å². The Kier molecular flexibility index (Phi) is 5.73. The number of hydrogen-bond donors (Lipinski definition) is 2. The molecule has 116 valence electrons. The van der Waals surface area contributed by atoms with Gasteiger partial charge in [-0.2, -0.15) is 0 Å². The third-order valence-electron chi connectivity index (χ3n) is 4.04. The average Bonchev–Trinajstić information content (AvgIpc) is 2.86. The van der Waals surface area contributed by atoms with Gasteiger partial charge in [-0.05, 0) is 50.4 Å². The van der Waals surface area contributed by atoms with Crippen LogP contribution in [0.4, 0.5) is 10.5 Å². The van der Waals surface area contributed by atoms with E-state index < -0.39 is 0 Å². The molecule has 0 spiro atoms. The molecule has 1 aliphatic carbocycles. The van der Waals surface area contributed by atoms with Gasteiger partial charge in [0.1, 0.15) is 0 Å². The number of amides is 2. The Balaban J connectivity index is 2.09. The molecular formula is C15H21Cl2N3O. The fourth-order valence-corrected chi connectivity index (χ4v) is 3.58. The van der Waals surface area contributed by atoms with Crippen molar-refractivity contribution in [3.63, 3.8) is 0 Å². The summed E-state index contributed by atoms with van der Waals surface area (Å²) >= 11 is 11.9. The molecule has 2 atom stereocenters. The van der Waals surface area contributed by atoms with Crippen LogP contribution in [-0.2, 0) is 0 Å². The molecule has 4 nitrogen and oxygen atoms in total. The van der Waals surface area contributed by atoms with Crippen LogP contribution in [0.1, 0.15) is 26.2 Å². The maximum absolute atomic E-state index is 12.5. The smallest absolute Gasteiger partial charge is 0.322 e. The van der Waals surface area contributed by atoms with Crippen molar-refractivity contribution < 1.29 is 4.79 Å². The van der Waals surface area contributed by atoms with Gasteiger partial charge in [-0.15, -0.1) is 0 Å². The predicted molar refractivity (Wildman–Crippen MR) is 88.0 cm³/mol. The molecule has 2 unspecified atom stereocenters. The molecular weight excluding hydrogens is 309 g/mol. The van der Waals surface area contributed by atoms with Gasteiger partial charge in [0.2, 0.25) is 0 Å². The van der Waals surface area contributed by atoms with Gasteiger partial charge >= 0.3 is 6.03 Å². The van der Waals surface area contributed by atoms with Gasteiger partial charge in [0.15, 0.2) is 0 Å². The number of carbonyl (C=O) groups is 1. The van der Waals surface area contributed by atoms with E-state index in [-0.39, 0.29) is 12.1 Å². The molecule has 3 N–H and O–H groups in total. The highest BCUT2D eigenvalue weighted by Gasteiger charge is 2.33. The van der Waals surface area contributed by atoms with Crippen molar-refractivity contribution in [1.29, 1.82) is 0 Å². The molecule has 6 heteroatoms. The lowest BCUT2D eigenvalue weighted by molar-refractivity contribution is 0.175. The minimum atomic E-state index is -0.124. The second kappa shape index (κ2) is 7.34. The molecule has 0 saturated heterocycles. The zero-order valence-corrected chi connectivity index (χ0v) is 13.6. The summed E-state index contributed by atoms with van der Waals surface area (Å²) in [6, 6.07) is 5.11. The van der Waals surface area contributed by atoms with E-state index in [0.717, 1.165) is 19.3 Å². The van der Waals surface area contributed by atoms with Crippen LogP contribution in [0, 0.1) is 5.92 Å². The number of rotatable bonds is 4. The number of hydrogen-bond acceptors (Lipinski definition) is 2. The van der Waals surface area contributed by atoms with Crippen LogP contribution in [0.15, 0.2) is 18.2 Å². The first-order valence-electron chi connectivity index (χ1n) is 7.29. The molecule has 1 fully saturated rings. The number of benzene rings is 1. The summed E-state index contributed by atoms with van der Waals surface area (Å²) < 4.78 is 0. The Morgan fingerprint density at radius 3 is 2.57 bits per heavy atom. The SMILES string of the molecule is CCN(C(=O)Nc1cc(Cl)cc(Cl)c1)C1CCCC1CN. The van der Waals surface area contributed by atoms with E-state index in [1.54, 1.807) is 18.2 Å². The summed E-state index contributed by atoms with van der Waals surface area (Å²) in [5.74, 6) is 0.388. The average molecular weight is 330 g/mol. The van der Waals surface area contributed by atoms with Gasteiger partial charge in [0.05, 0.1) is 0 Å². The summed E-state index contributed by atoms with van der Waals surface area (Å²) in [6.07, 6.45) is 3.23. The van der Waals surface area contributed by atoms with Crippen molar-refractivity contribution in [2.24, 2.45) is 11.7 Å². The Bertz CT molecular complexity index is 489. The highest BCUT2D eigenvalue weighted by Crippen LogP contribution is 2.30. The van der Waals surface area contributed by atoms with Gasteiger partial charge in [-0.25, -0.2) is 4.79 Å². The van der Waals surface area contributed by atoms with Crippen molar-refractivity contribution in [2.45, 2.75) is 32.2 Å². The van der Waals surface area contributed by atoms with Crippen LogP contribution >= 0.6 is 23.2 Å². The first kappa shape index (κ1) is 16.4. The summed E-state index contributed by atoms with van der Waals surface area (Å²) in [7, 11) is 0. The molecule has 2 amide bonds. The fraction of sp³-hybridized carbons (Fsp3) is 0.533. The predicted octanol–water partition coefficient (Wildman–Crippen LogP) is 3.97. The first-order chi connectivity index (χ1) is 10.0. The zero-order chi connectivity index (χ0) is 15.4. The van der Waals surface area contributed by atoms with E-state index in [2.05, 4.69) is 5.32 Å². The summed E-state index contributed by atoms with van der Waals surface area (Å²) in [5.41, 5.74) is 6.43. The van der Waals surface area contributed by atoms with Crippen LogP contribution in [0.3, 0.4) is 0 Å². The molecule has 1 aromatic rings. The van der Waals surface area contributed by atoms with E-state index in [0.29, 0.717) is 34.7 Å². The number of halogens is 2. The van der Waals surface area contributed by atoms with Crippen molar-refractivity contribution in [2.75, 3.05) is 18.4 Å². The minimum Gasteiger partial charge on any atom is -0.330 e. The highest BCUT2D eigenvalue weighted by atomic mass is 35.5. The second-order valence-electron chi connectivity index (χ2n) is 5.37. The lowest BCUT2D eigenvalue weighted by Crippen LogP contribution is -2.46. The number of carbonyl (C=O) groups excluding carboxylic acids is 1. The van der Waals surface area contributed by atoms with E-state index in [1.165, 1.54) is 0 Å². The second-order valence-corrected chi connectivity index (χ2v) is 6.24.